The van der Waals surface area contributed by atoms with Crippen LogP contribution in [0.4, 0.5) is 0 Å². The third-order valence-corrected chi connectivity index (χ3v) is 18.9. The molecule has 3 heterocycles. The smallest absolute Gasteiger partial charge is 0.870 e. The number of aliphatic hydroxyl groups is 1. The number of esters is 2. The molecule has 0 unspecified atom stereocenters. The van der Waals surface area contributed by atoms with Crippen molar-refractivity contribution in [1.29, 1.82) is 0 Å². The standard InChI is InChI=1S/C21H23NO6S.C19H21NO5S.C16H17NO3S.C5H7ClO3.Li.H2O/c1-14(27-15(2)23)21(24)22-13-17-10-8-16-9-11-19(12-20(16)28-17)29(25,26)18-6-4-3-5-7-18;1-13(21)19(22)20-12-15-9-7-14-8-10-17(11-18(14)25-15)26(23,24)16-5-3-2-4-6-16;17-11-13-8-6-12-7-9-15(10-16(12)20-13)21(18,19)14-4-2-1-3-5-14;1-3(5(6)8)9-4(2)7;;/h3-7,9,11-12,14,17H,8,10,13H2,1-2H3,(H,22,24);2-6,8,10-11,13,15,21H,7,9,12H2,1H3,(H,20,22);1-5,7,9-10,13H,6,8,11,17H2;3H,1-2H3;;1H2/q;;;;+1;/p-1/t14-,17+;13-,15+;13-;3-;;/m0010../s1. The molecular formula is C61H69ClLiN3O18S3. The summed E-state index contributed by atoms with van der Waals surface area (Å²) in [6.07, 6.45) is 1.17. The van der Waals surface area contributed by atoms with Crippen molar-refractivity contribution in [2.75, 3.05) is 19.6 Å². The first-order valence-corrected chi connectivity index (χ1v) is 31.9. The maximum atomic E-state index is 12.8. The van der Waals surface area contributed by atoms with Gasteiger partial charge in [-0.2, -0.15) is 0 Å². The van der Waals surface area contributed by atoms with E-state index in [1.54, 1.807) is 133 Å². The fourth-order valence-electron chi connectivity index (χ4n) is 8.70. The number of carbonyl (C=O) groups excluding carboxylic acids is 5. The van der Waals surface area contributed by atoms with Gasteiger partial charge in [0.05, 0.1) is 42.5 Å². The normalized spacial score (nSPS) is 16.5. The van der Waals surface area contributed by atoms with Gasteiger partial charge in [-0.05, 0) is 160 Å². The molecule has 9 rings (SSSR count). The molecule has 26 heteroatoms. The third-order valence-electron chi connectivity index (χ3n) is 13.3. The van der Waals surface area contributed by atoms with Crippen molar-refractivity contribution in [3.05, 3.63) is 162 Å². The Morgan fingerprint density at radius 1 is 0.517 bits per heavy atom. The number of ether oxygens (including phenoxy) is 5. The molecule has 6 atom stereocenters. The van der Waals surface area contributed by atoms with E-state index in [1.807, 2.05) is 6.07 Å². The summed E-state index contributed by atoms with van der Waals surface area (Å²) in [5, 5.41) is 13.9. The Balaban J connectivity index is 0.000000260. The molecule has 0 spiro atoms. The summed E-state index contributed by atoms with van der Waals surface area (Å²) in [6, 6.07) is 39.8. The molecule has 6 N–H and O–H groups in total. The zero-order chi connectivity index (χ0) is 62.1. The number of nitrogens with two attached hydrogens (primary N) is 1. The Morgan fingerprint density at radius 3 is 1.13 bits per heavy atom. The van der Waals surface area contributed by atoms with Crippen LogP contribution in [0.25, 0.3) is 0 Å². The largest absolute Gasteiger partial charge is 1.00 e. The van der Waals surface area contributed by atoms with E-state index in [0.717, 1.165) is 36.0 Å². The summed E-state index contributed by atoms with van der Waals surface area (Å²) in [5.74, 6) is -0.243. The monoisotopic (exact) mass is 1270 g/mol. The van der Waals surface area contributed by atoms with Crippen molar-refractivity contribution in [1.82, 2.24) is 10.6 Å². The van der Waals surface area contributed by atoms with Gasteiger partial charge < -0.3 is 50.6 Å². The number of carbonyl (C=O) groups is 5. The second-order valence-electron chi connectivity index (χ2n) is 19.8. The zero-order valence-electron chi connectivity index (χ0n) is 48.8. The van der Waals surface area contributed by atoms with Crippen LogP contribution in [-0.4, -0.2) is 121 Å². The van der Waals surface area contributed by atoms with Gasteiger partial charge in [0, 0.05) is 20.4 Å². The summed E-state index contributed by atoms with van der Waals surface area (Å²) in [7, 11) is -10.8. The van der Waals surface area contributed by atoms with Gasteiger partial charge in [0.2, 0.25) is 35.4 Å². The van der Waals surface area contributed by atoms with Crippen molar-refractivity contribution < 1.29 is 102 Å². The first kappa shape index (κ1) is 72.4. The van der Waals surface area contributed by atoms with Crippen LogP contribution in [0, 0.1) is 0 Å². The fourth-order valence-corrected chi connectivity index (χ4v) is 12.6. The van der Waals surface area contributed by atoms with Gasteiger partial charge in [0.1, 0.15) is 41.7 Å². The Morgan fingerprint density at radius 2 is 0.828 bits per heavy atom. The molecule has 3 aliphatic rings. The average molecular weight is 1270 g/mol. The summed E-state index contributed by atoms with van der Waals surface area (Å²) in [4.78, 5) is 56.0. The van der Waals surface area contributed by atoms with E-state index < -0.39 is 76.8 Å². The molecule has 0 aliphatic carbocycles. The van der Waals surface area contributed by atoms with Crippen LogP contribution in [0.15, 0.2) is 175 Å². The van der Waals surface area contributed by atoms with Crippen LogP contribution in [0.1, 0.15) is 70.6 Å². The number of rotatable bonds is 16. The number of aryl methyl sites for hydroxylation is 3. The number of fused-ring (bicyclic) bond motifs is 3. The Labute approximate surface area is 523 Å². The average Bonchev–Trinajstić information content (AvgIpc) is 1.58. The van der Waals surface area contributed by atoms with Gasteiger partial charge in [-0.25, -0.2) is 25.3 Å². The maximum Gasteiger partial charge on any atom is 1.00 e. The van der Waals surface area contributed by atoms with Gasteiger partial charge in [-0.1, -0.05) is 72.8 Å². The third kappa shape index (κ3) is 20.5. The quantitative estimate of drug-likeness (QED) is 0.0610. The van der Waals surface area contributed by atoms with E-state index >= 15 is 0 Å². The number of amides is 2. The van der Waals surface area contributed by atoms with E-state index in [9.17, 15) is 54.3 Å². The van der Waals surface area contributed by atoms with Crippen LogP contribution in [0.3, 0.4) is 0 Å². The zero-order valence-corrected chi connectivity index (χ0v) is 52.0. The molecular weight excluding hydrogens is 1200 g/mol. The van der Waals surface area contributed by atoms with Crippen molar-refractivity contribution in [3.63, 3.8) is 0 Å². The van der Waals surface area contributed by atoms with Crippen LogP contribution >= 0.6 is 11.6 Å². The summed E-state index contributed by atoms with van der Waals surface area (Å²) >= 11 is 4.96. The summed E-state index contributed by atoms with van der Waals surface area (Å²) in [6.45, 7) is 7.70. The van der Waals surface area contributed by atoms with Crippen molar-refractivity contribution in [2.45, 2.75) is 139 Å². The number of hydrogen-bond acceptors (Lipinski definition) is 19. The first-order chi connectivity index (χ1) is 40.3. The molecule has 2 amide bonds. The minimum absolute atomic E-state index is 0. The van der Waals surface area contributed by atoms with Gasteiger partial charge >= 0.3 is 30.8 Å². The molecule has 3 aliphatic heterocycles. The number of halogens is 1. The summed E-state index contributed by atoms with van der Waals surface area (Å²) < 4.78 is 103. The molecule has 0 aromatic heterocycles. The number of aliphatic hydroxyl groups excluding tert-OH is 1. The van der Waals surface area contributed by atoms with Crippen LogP contribution in [0.2, 0.25) is 0 Å². The molecule has 0 radical (unpaired) electrons. The van der Waals surface area contributed by atoms with Crippen LogP contribution in [-0.2, 0) is 82.2 Å². The maximum absolute atomic E-state index is 12.8. The van der Waals surface area contributed by atoms with Crippen molar-refractivity contribution in [2.24, 2.45) is 5.73 Å². The van der Waals surface area contributed by atoms with E-state index in [1.165, 1.54) is 40.7 Å². The number of nitrogens with one attached hydrogen (secondary N) is 2. The predicted molar refractivity (Wildman–Crippen MR) is 315 cm³/mol. The molecule has 0 fully saturated rings. The predicted octanol–water partition coefficient (Wildman–Crippen LogP) is 3.69. The molecule has 87 heavy (non-hydrogen) atoms. The van der Waals surface area contributed by atoms with Gasteiger partial charge in [-0.15, -0.1) is 0 Å². The molecule has 0 saturated carbocycles. The number of benzene rings is 6. The SMILES string of the molecule is CC(=O)O[C@@H](C)C(=O)Cl.CC(=O)O[C@@H](C)C(=O)NC[C@H]1CCc2ccc(S(=O)(=O)c3ccccc3)cc2O1.C[C@H](O)C(=O)NC[C@H]1CCc2ccc(S(=O)(=O)c3ccccc3)cc2O1.NC[C@H]1CCc2ccc(S(=O)(=O)c3ccccc3)cc2O1.[Li+].[OH-]. The summed E-state index contributed by atoms with van der Waals surface area (Å²) in [5.41, 5.74) is 8.53. The molecule has 6 aromatic rings. The first-order valence-electron chi connectivity index (χ1n) is 27.1. The second kappa shape index (κ2) is 33.3. The second-order valence-corrected chi connectivity index (χ2v) is 26.0. The van der Waals surface area contributed by atoms with Gasteiger partial charge in [-0.3, -0.25) is 24.0 Å². The van der Waals surface area contributed by atoms with Crippen LogP contribution in [0.5, 0.6) is 17.2 Å². The Bertz CT molecular complexity index is 3660. The molecule has 462 valence electrons. The van der Waals surface area contributed by atoms with Crippen molar-refractivity contribution in [3.8, 4) is 17.2 Å². The number of hydrogen-bond donors (Lipinski definition) is 4. The fraction of sp³-hybridized carbons (Fsp3) is 0.328. The molecule has 21 nitrogen and oxygen atoms in total. The topological polar surface area (TPSA) is 334 Å². The van der Waals surface area contributed by atoms with E-state index in [-0.39, 0.29) is 85.1 Å². The minimum atomic E-state index is -3.64. The Hall–Kier alpha value is -7.11. The van der Waals surface area contributed by atoms with Gasteiger partial charge in [0.25, 0.3) is 11.1 Å². The van der Waals surface area contributed by atoms with E-state index in [0.29, 0.717) is 43.1 Å². The Kier molecular flexibility index (Phi) is 27.7. The van der Waals surface area contributed by atoms with E-state index in [4.69, 9.17) is 36.3 Å². The number of sulfone groups is 3. The molecule has 6 aromatic carbocycles. The minimum Gasteiger partial charge on any atom is -0.870 e. The van der Waals surface area contributed by atoms with Crippen molar-refractivity contribution >= 4 is 70.1 Å². The van der Waals surface area contributed by atoms with Gasteiger partial charge in [0.15, 0.2) is 12.2 Å². The van der Waals surface area contributed by atoms with Crippen LogP contribution < -0.4 is 49.4 Å². The van der Waals surface area contributed by atoms with E-state index in [2.05, 4.69) is 15.4 Å². The molecule has 0 saturated heterocycles. The molecule has 0 bridgehead atoms.